The van der Waals surface area contributed by atoms with Gasteiger partial charge in [0, 0.05) is 32.2 Å². The summed E-state index contributed by atoms with van der Waals surface area (Å²) < 4.78 is 0. The van der Waals surface area contributed by atoms with Crippen molar-refractivity contribution < 1.29 is 4.79 Å². The lowest BCUT2D eigenvalue weighted by atomic mass is 10.1. The van der Waals surface area contributed by atoms with Crippen molar-refractivity contribution in [2.75, 3.05) is 19.6 Å². The molecule has 1 aliphatic rings. The number of carbonyl (C=O) groups excluding carboxylic acids is 1. The van der Waals surface area contributed by atoms with Gasteiger partial charge in [-0.05, 0) is 38.0 Å². The highest BCUT2D eigenvalue weighted by Gasteiger charge is 2.27. The molecule has 1 aromatic heterocycles. The Morgan fingerprint density at radius 1 is 1.03 bits per heavy atom. The molecule has 0 saturated carbocycles. The lowest BCUT2D eigenvalue weighted by Crippen LogP contribution is -2.40. The maximum Gasteiger partial charge on any atom is 0.256 e. The number of aromatic nitrogens is 3. The Morgan fingerprint density at radius 3 is 2.55 bits per heavy atom. The van der Waals surface area contributed by atoms with Crippen molar-refractivity contribution in [1.29, 1.82) is 0 Å². The fourth-order valence-electron chi connectivity index (χ4n) is 3.90. The zero-order valence-electron chi connectivity index (χ0n) is 17.0. The molecule has 2 aromatic carbocycles. The first-order valence-electron chi connectivity index (χ1n) is 10.2. The molecule has 0 aliphatic carbocycles. The number of hydrogen-bond acceptors (Lipinski definition) is 4. The first kappa shape index (κ1) is 19.3. The molecule has 6 nitrogen and oxygen atoms in total. The summed E-state index contributed by atoms with van der Waals surface area (Å²) in [5.41, 5.74) is 3.75. The van der Waals surface area contributed by atoms with Gasteiger partial charge >= 0.3 is 0 Å². The standard InChI is InChI=1S/C23H27N5O/c1-18-8-9-22(28-24-11-12-25-28)21(16-18)23(29)27-15-14-26(13-10-19(27)2)17-20-6-4-3-5-7-20/h3-9,11-12,16,19H,10,13-15,17H2,1-2H3/t19-/m1/s1. The van der Waals surface area contributed by atoms with Crippen LogP contribution in [0.1, 0.15) is 34.8 Å². The first-order valence-corrected chi connectivity index (χ1v) is 10.2. The Balaban J connectivity index is 1.54. The number of nitrogens with zero attached hydrogens (tertiary/aromatic N) is 5. The van der Waals surface area contributed by atoms with Crippen molar-refractivity contribution in [1.82, 2.24) is 24.8 Å². The molecule has 2 heterocycles. The molecule has 0 spiro atoms. The Hall–Kier alpha value is -2.99. The van der Waals surface area contributed by atoms with Gasteiger partial charge in [-0.15, -0.1) is 0 Å². The molecule has 4 rings (SSSR count). The van der Waals surface area contributed by atoms with Crippen molar-refractivity contribution in [3.63, 3.8) is 0 Å². The molecular weight excluding hydrogens is 362 g/mol. The van der Waals surface area contributed by atoms with Gasteiger partial charge in [-0.3, -0.25) is 9.69 Å². The third kappa shape index (κ3) is 4.38. The van der Waals surface area contributed by atoms with Crippen LogP contribution in [0, 0.1) is 6.92 Å². The number of benzene rings is 2. The van der Waals surface area contributed by atoms with Gasteiger partial charge < -0.3 is 4.90 Å². The van der Waals surface area contributed by atoms with Crippen LogP contribution in [0.4, 0.5) is 0 Å². The Labute approximate surface area is 171 Å². The van der Waals surface area contributed by atoms with Gasteiger partial charge in [-0.2, -0.15) is 15.0 Å². The number of aryl methyl sites for hydroxylation is 1. The molecule has 1 aliphatic heterocycles. The monoisotopic (exact) mass is 389 g/mol. The van der Waals surface area contributed by atoms with Crippen molar-refractivity contribution in [2.24, 2.45) is 0 Å². The van der Waals surface area contributed by atoms with Crippen molar-refractivity contribution in [3.05, 3.63) is 77.6 Å². The third-order valence-electron chi connectivity index (χ3n) is 5.58. The van der Waals surface area contributed by atoms with E-state index in [0.29, 0.717) is 12.1 Å². The molecule has 29 heavy (non-hydrogen) atoms. The van der Waals surface area contributed by atoms with Crippen LogP contribution in [0.2, 0.25) is 0 Å². The normalized spacial score (nSPS) is 17.9. The molecule has 1 fully saturated rings. The van der Waals surface area contributed by atoms with Gasteiger partial charge in [0.2, 0.25) is 0 Å². The molecule has 0 radical (unpaired) electrons. The van der Waals surface area contributed by atoms with Gasteiger partial charge in [0.05, 0.1) is 23.6 Å². The van der Waals surface area contributed by atoms with Crippen LogP contribution in [0.5, 0.6) is 0 Å². The summed E-state index contributed by atoms with van der Waals surface area (Å²) in [6.45, 7) is 7.64. The second-order valence-corrected chi connectivity index (χ2v) is 7.74. The highest BCUT2D eigenvalue weighted by atomic mass is 16.2. The van der Waals surface area contributed by atoms with E-state index < -0.39 is 0 Å². The maximum absolute atomic E-state index is 13.5. The molecule has 0 N–H and O–H groups in total. The van der Waals surface area contributed by atoms with E-state index in [1.165, 1.54) is 10.4 Å². The van der Waals surface area contributed by atoms with Crippen molar-refractivity contribution in [2.45, 2.75) is 32.9 Å². The summed E-state index contributed by atoms with van der Waals surface area (Å²) in [6, 6.07) is 16.6. The van der Waals surface area contributed by atoms with Gasteiger partial charge in [-0.25, -0.2) is 0 Å². The van der Waals surface area contributed by atoms with Crippen LogP contribution < -0.4 is 0 Å². The first-order chi connectivity index (χ1) is 14.1. The molecule has 1 atom stereocenters. The van der Waals surface area contributed by atoms with E-state index >= 15 is 0 Å². The van der Waals surface area contributed by atoms with E-state index in [4.69, 9.17) is 0 Å². The topological polar surface area (TPSA) is 54.3 Å². The van der Waals surface area contributed by atoms with Crippen LogP contribution >= 0.6 is 0 Å². The smallest absolute Gasteiger partial charge is 0.256 e. The minimum absolute atomic E-state index is 0.0510. The van der Waals surface area contributed by atoms with Crippen LogP contribution in [0.3, 0.4) is 0 Å². The second-order valence-electron chi connectivity index (χ2n) is 7.74. The van der Waals surface area contributed by atoms with Crippen LogP contribution in [0.15, 0.2) is 60.9 Å². The maximum atomic E-state index is 13.5. The average Bonchev–Trinajstić information content (AvgIpc) is 3.20. The Bertz CT molecular complexity index is 955. The summed E-state index contributed by atoms with van der Waals surface area (Å²) in [5.74, 6) is 0.0510. The predicted molar refractivity (Wildman–Crippen MR) is 113 cm³/mol. The summed E-state index contributed by atoms with van der Waals surface area (Å²) >= 11 is 0. The summed E-state index contributed by atoms with van der Waals surface area (Å²) in [5, 5.41) is 8.45. The summed E-state index contributed by atoms with van der Waals surface area (Å²) in [7, 11) is 0. The van der Waals surface area contributed by atoms with Crippen LogP contribution in [0.25, 0.3) is 5.69 Å². The largest absolute Gasteiger partial charge is 0.335 e. The fraction of sp³-hybridized carbons (Fsp3) is 0.348. The average molecular weight is 390 g/mol. The van der Waals surface area contributed by atoms with Crippen molar-refractivity contribution in [3.8, 4) is 5.69 Å². The quantitative estimate of drug-likeness (QED) is 0.687. The molecule has 0 unspecified atom stereocenters. The zero-order chi connectivity index (χ0) is 20.2. The highest BCUT2D eigenvalue weighted by molar-refractivity contribution is 5.98. The summed E-state index contributed by atoms with van der Waals surface area (Å²) in [4.78, 5) is 19.5. The van der Waals surface area contributed by atoms with E-state index in [9.17, 15) is 4.79 Å². The minimum atomic E-state index is 0.0510. The lowest BCUT2D eigenvalue weighted by Gasteiger charge is -2.27. The van der Waals surface area contributed by atoms with Crippen LogP contribution in [-0.4, -0.2) is 56.4 Å². The molecule has 3 aromatic rings. The van der Waals surface area contributed by atoms with Crippen LogP contribution in [-0.2, 0) is 6.54 Å². The van der Waals surface area contributed by atoms with E-state index in [1.807, 2.05) is 36.1 Å². The number of amides is 1. The molecule has 6 heteroatoms. The predicted octanol–water partition coefficient (Wildman–Crippen LogP) is 3.31. The van der Waals surface area contributed by atoms with E-state index in [0.717, 1.165) is 37.3 Å². The Morgan fingerprint density at radius 2 is 1.79 bits per heavy atom. The lowest BCUT2D eigenvalue weighted by molar-refractivity contribution is 0.0700. The van der Waals surface area contributed by atoms with Gasteiger partial charge in [0.25, 0.3) is 5.91 Å². The van der Waals surface area contributed by atoms with E-state index in [1.54, 1.807) is 12.4 Å². The van der Waals surface area contributed by atoms with E-state index in [2.05, 4.69) is 46.3 Å². The van der Waals surface area contributed by atoms with E-state index in [-0.39, 0.29) is 11.9 Å². The van der Waals surface area contributed by atoms with Gasteiger partial charge in [-0.1, -0.05) is 42.0 Å². The SMILES string of the molecule is Cc1ccc(-n2nccn2)c(C(=O)N2CCN(Cc3ccccc3)CC[C@H]2C)c1. The fourth-order valence-corrected chi connectivity index (χ4v) is 3.90. The number of hydrogen-bond donors (Lipinski definition) is 0. The Kier molecular flexibility index (Phi) is 5.71. The summed E-state index contributed by atoms with van der Waals surface area (Å²) in [6.07, 6.45) is 4.22. The molecule has 1 saturated heterocycles. The van der Waals surface area contributed by atoms with Gasteiger partial charge in [0.1, 0.15) is 0 Å². The van der Waals surface area contributed by atoms with Gasteiger partial charge in [0.15, 0.2) is 0 Å². The minimum Gasteiger partial charge on any atom is -0.335 e. The number of carbonyl (C=O) groups is 1. The molecular formula is C23H27N5O. The third-order valence-corrected chi connectivity index (χ3v) is 5.58. The number of rotatable bonds is 4. The zero-order valence-corrected chi connectivity index (χ0v) is 17.0. The molecule has 1 amide bonds. The highest BCUT2D eigenvalue weighted by Crippen LogP contribution is 2.21. The second kappa shape index (κ2) is 8.57. The molecule has 150 valence electrons. The van der Waals surface area contributed by atoms with Crippen molar-refractivity contribution >= 4 is 5.91 Å². The molecule has 0 bridgehead atoms.